The third-order valence-electron chi connectivity index (χ3n) is 2.56. The zero-order valence-corrected chi connectivity index (χ0v) is 13.1. The molecule has 0 radical (unpaired) electrons. The van der Waals surface area contributed by atoms with E-state index < -0.39 is 0 Å². The SMILES string of the molecule is CCCNc1ccncc1C(=O)NCC(=O)NC(C)(C)C. The molecule has 21 heavy (non-hydrogen) atoms. The molecule has 0 saturated heterocycles. The highest BCUT2D eigenvalue weighted by Crippen LogP contribution is 2.13. The molecule has 0 atom stereocenters. The van der Waals surface area contributed by atoms with Gasteiger partial charge in [0.25, 0.3) is 5.91 Å². The summed E-state index contributed by atoms with van der Waals surface area (Å²) in [5, 5.41) is 8.57. The van der Waals surface area contributed by atoms with E-state index in [9.17, 15) is 9.59 Å². The average Bonchev–Trinajstić information content (AvgIpc) is 2.41. The number of nitrogens with zero attached hydrogens (tertiary/aromatic N) is 1. The van der Waals surface area contributed by atoms with Crippen LogP contribution < -0.4 is 16.0 Å². The highest BCUT2D eigenvalue weighted by atomic mass is 16.2. The Balaban J connectivity index is 2.61. The molecule has 0 bridgehead atoms. The van der Waals surface area contributed by atoms with E-state index >= 15 is 0 Å². The Hall–Kier alpha value is -2.11. The number of amides is 2. The molecule has 6 heteroatoms. The first-order chi connectivity index (χ1) is 9.83. The van der Waals surface area contributed by atoms with Crippen LogP contribution in [0.4, 0.5) is 5.69 Å². The average molecular weight is 292 g/mol. The maximum Gasteiger partial charge on any atom is 0.255 e. The van der Waals surface area contributed by atoms with Gasteiger partial charge < -0.3 is 16.0 Å². The zero-order valence-electron chi connectivity index (χ0n) is 13.1. The van der Waals surface area contributed by atoms with E-state index in [0.717, 1.165) is 18.7 Å². The van der Waals surface area contributed by atoms with E-state index in [1.54, 1.807) is 12.3 Å². The molecule has 6 nitrogen and oxygen atoms in total. The third kappa shape index (κ3) is 6.25. The molecule has 2 amide bonds. The number of nitrogens with one attached hydrogen (secondary N) is 3. The molecule has 3 N–H and O–H groups in total. The van der Waals surface area contributed by atoms with Gasteiger partial charge in [-0.05, 0) is 33.3 Å². The second kappa shape index (κ2) is 7.61. The van der Waals surface area contributed by atoms with Gasteiger partial charge in [0.15, 0.2) is 0 Å². The largest absolute Gasteiger partial charge is 0.384 e. The van der Waals surface area contributed by atoms with Crippen molar-refractivity contribution in [2.24, 2.45) is 0 Å². The number of carbonyl (C=O) groups is 2. The summed E-state index contributed by atoms with van der Waals surface area (Å²) in [5.74, 6) is -0.534. The summed E-state index contributed by atoms with van der Waals surface area (Å²) in [7, 11) is 0. The Labute approximate surface area is 125 Å². The van der Waals surface area contributed by atoms with Crippen molar-refractivity contribution in [3.8, 4) is 0 Å². The number of hydrogen-bond donors (Lipinski definition) is 3. The number of rotatable bonds is 6. The fraction of sp³-hybridized carbons (Fsp3) is 0.533. The Morgan fingerprint density at radius 1 is 1.29 bits per heavy atom. The van der Waals surface area contributed by atoms with Crippen LogP contribution in [-0.2, 0) is 4.79 Å². The molecule has 1 heterocycles. The Morgan fingerprint density at radius 3 is 2.62 bits per heavy atom. The van der Waals surface area contributed by atoms with Crippen molar-refractivity contribution in [3.63, 3.8) is 0 Å². The molecule has 0 aliphatic carbocycles. The summed E-state index contributed by atoms with van der Waals surface area (Å²) in [6.07, 6.45) is 4.08. The molecule has 116 valence electrons. The van der Waals surface area contributed by atoms with Gasteiger partial charge in [0.2, 0.25) is 5.91 Å². The molecule has 1 aromatic rings. The van der Waals surface area contributed by atoms with Crippen molar-refractivity contribution in [1.82, 2.24) is 15.6 Å². The molecule has 0 saturated carbocycles. The highest BCUT2D eigenvalue weighted by molar-refractivity contribution is 6.00. The molecule has 1 aromatic heterocycles. The predicted octanol–water partition coefficient (Wildman–Crippen LogP) is 1.55. The lowest BCUT2D eigenvalue weighted by Crippen LogP contribution is -2.45. The quantitative estimate of drug-likeness (QED) is 0.743. The van der Waals surface area contributed by atoms with E-state index in [0.29, 0.717) is 5.56 Å². The molecule has 0 spiro atoms. The van der Waals surface area contributed by atoms with Crippen LogP contribution in [0.25, 0.3) is 0 Å². The van der Waals surface area contributed by atoms with Crippen molar-refractivity contribution < 1.29 is 9.59 Å². The minimum absolute atomic E-state index is 0.0573. The fourth-order valence-corrected chi connectivity index (χ4v) is 1.71. The molecular weight excluding hydrogens is 268 g/mol. The van der Waals surface area contributed by atoms with E-state index in [-0.39, 0.29) is 23.9 Å². The second-order valence-electron chi connectivity index (χ2n) is 5.83. The van der Waals surface area contributed by atoms with Crippen molar-refractivity contribution in [3.05, 3.63) is 24.0 Å². The second-order valence-corrected chi connectivity index (χ2v) is 5.83. The van der Waals surface area contributed by atoms with Crippen LogP contribution in [0.1, 0.15) is 44.5 Å². The van der Waals surface area contributed by atoms with Crippen molar-refractivity contribution >= 4 is 17.5 Å². The van der Waals surface area contributed by atoms with Crippen LogP contribution in [0.3, 0.4) is 0 Å². The topological polar surface area (TPSA) is 83.1 Å². The van der Waals surface area contributed by atoms with Gasteiger partial charge in [-0.15, -0.1) is 0 Å². The van der Waals surface area contributed by atoms with Gasteiger partial charge in [0, 0.05) is 24.5 Å². The number of hydrogen-bond acceptors (Lipinski definition) is 4. The molecule has 0 fully saturated rings. The number of pyridine rings is 1. The van der Waals surface area contributed by atoms with E-state index in [2.05, 4.69) is 20.9 Å². The lowest BCUT2D eigenvalue weighted by molar-refractivity contribution is -0.121. The minimum atomic E-state index is -0.316. The predicted molar refractivity (Wildman–Crippen MR) is 83.2 cm³/mol. The molecule has 1 rings (SSSR count). The fourth-order valence-electron chi connectivity index (χ4n) is 1.71. The van der Waals surface area contributed by atoms with Gasteiger partial charge in [-0.1, -0.05) is 6.92 Å². The molecular formula is C15H24N4O2. The number of carbonyl (C=O) groups excluding carboxylic acids is 2. The van der Waals surface area contributed by atoms with Crippen LogP contribution in [0.2, 0.25) is 0 Å². The molecule has 0 aromatic carbocycles. The van der Waals surface area contributed by atoms with E-state index in [1.807, 2.05) is 27.7 Å². The normalized spacial score (nSPS) is 10.9. The van der Waals surface area contributed by atoms with Crippen LogP contribution in [0.5, 0.6) is 0 Å². The maximum atomic E-state index is 12.1. The smallest absolute Gasteiger partial charge is 0.255 e. The first kappa shape index (κ1) is 16.9. The summed E-state index contributed by atoms with van der Waals surface area (Å²) in [6.45, 7) is 8.43. The van der Waals surface area contributed by atoms with Crippen LogP contribution in [-0.4, -0.2) is 35.4 Å². The first-order valence-electron chi connectivity index (χ1n) is 7.10. The van der Waals surface area contributed by atoms with Crippen LogP contribution in [0.15, 0.2) is 18.5 Å². The summed E-state index contributed by atoms with van der Waals surface area (Å²) in [6, 6.07) is 1.75. The van der Waals surface area contributed by atoms with E-state index in [4.69, 9.17) is 0 Å². The summed E-state index contributed by atoms with van der Waals surface area (Å²) in [5.41, 5.74) is 0.847. The molecule has 0 aliphatic rings. The van der Waals surface area contributed by atoms with Crippen LogP contribution >= 0.6 is 0 Å². The van der Waals surface area contributed by atoms with Gasteiger partial charge in [0.05, 0.1) is 17.8 Å². The van der Waals surface area contributed by atoms with Crippen molar-refractivity contribution in [1.29, 1.82) is 0 Å². The van der Waals surface area contributed by atoms with Gasteiger partial charge >= 0.3 is 0 Å². The standard InChI is InChI=1S/C15H24N4O2/c1-5-7-17-12-6-8-16-9-11(12)14(21)18-10-13(20)19-15(2,3)4/h6,8-9H,5,7,10H2,1-4H3,(H,16,17)(H,18,21)(H,19,20). The van der Waals surface area contributed by atoms with Gasteiger partial charge in [0.1, 0.15) is 0 Å². The molecule has 0 aliphatic heterocycles. The monoisotopic (exact) mass is 292 g/mol. The maximum absolute atomic E-state index is 12.1. The first-order valence-corrected chi connectivity index (χ1v) is 7.10. The number of anilines is 1. The van der Waals surface area contributed by atoms with Crippen molar-refractivity contribution in [2.45, 2.75) is 39.7 Å². The van der Waals surface area contributed by atoms with Gasteiger partial charge in [-0.3, -0.25) is 14.6 Å². The van der Waals surface area contributed by atoms with Gasteiger partial charge in [-0.25, -0.2) is 0 Å². The third-order valence-corrected chi connectivity index (χ3v) is 2.56. The summed E-state index contributed by atoms with van der Waals surface area (Å²) >= 11 is 0. The van der Waals surface area contributed by atoms with Gasteiger partial charge in [-0.2, -0.15) is 0 Å². The zero-order chi connectivity index (χ0) is 15.9. The highest BCUT2D eigenvalue weighted by Gasteiger charge is 2.16. The Kier molecular flexibility index (Phi) is 6.14. The lowest BCUT2D eigenvalue weighted by Gasteiger charge is -2.20. The Bertz CT molecular complexity index is 495. The number of aromatic nitrogens is 1. The van der Waals surface area contributed by atoms with Crippen LogP contribution in [0, 0.1) is 0 Å². The summed E-state index contributed by atoms with van der Waals surface area (Å²) in [4.78, 5) is 27.8. The summed E-state index contributed by atoms with van der Waals surface area (Å²) < 4.78 is 0. The van der Waals surface area contributed by atoms with Crippen molar-refractivity contribution in [2.75, 3.05) is 18.4 Å². The van der Waals surface area contributed by atoms with E-state index in [1.165, 1.54) is 6.20 Å². The lowest BCUT2D eigenvalue weighted by atomic mass is 10.1. The molecule has 0 unspecified atom stereocenters. The minimum Gasteiger partial charge on any atom is -0.384 e. The Morgan fingerprint density at radius 2 is 2.00 bits per heavy atom.